The molecule has 0 saturated heterocycles. The first-order chi connectivity index (χ1) is 11.7. The van der Waals surface area contributed by atoms with Gasteiger partial charge >= 0.3 is 0 Å². The SMILES string of the molecule is CCCCn1nccc1NC(=O)c1cc([N+](=O)[O-])cc(S(C)(=O)=O)c1. The smallest absolute Gasteiger partial charge is 0.271 e. The third-order valence-electron chi connectivity index (χ3n) is 3.47. The molecule has 1 amide bonds. The average Bonchev–Trinajstić information content (AvgIpc) is 2.98. The number of amides is 1. The van der Waals surface area contributed by atoms with Crippen molar-refractivity contribution in [3.05, 3.63) is 46.1 Å². The van der Waals surface area contributed by atoms with Crippen molar-refractivity contribution in [2.45, 2.75) is 31.2 Å². The quantitative estimate of drug-likeness (QED) is 0.592. The van der Waals surface area contributed by atoms with Crippen LogP contribution in [0.2, 0.25) is 0 Å². The fourth-order valence-electron chi connectivity index (χ4n) is 2.15. The molecule has 2 aromatic rings. The van der Waals surface area contributed by atoms with Gasteiger partial charge in [0.2, 0.25) is 0 Å². The third-order valence-corrected chi connectivity index (χ3v) is 4.57. The number of aryl methyl sites for hydroxylation is 1. The molecule has 0 unspecified atom stereocenters. The number of nitro benzene ring substituents is 1. The normalized spacial score (nSPS) is 11.3. The maximum Gasteiger partial charge on any atom is 0.271 e. The van der Waals surface area contributed by atoms with E-state index < -0.39 is 26.4 Å². The van der Waals surface area contributed by atoms with E-state index in [2.05, 4.69) is 10.4 Å². The van der Waals surface area contributed by atoms with Crippen LogP contribution in [0.25, 0.3) is 0 Å². The Morgan fingerprint density at radius 3 is 2.68 bits per heavy atom. The molecule has 1 N–H and O–H groups in total. The number of aromatic nitrogens is 2. The first-order valence-electron chi connectivity index (χ1n) is 7.55. The second-order valence-electron chi connectivity index (χ2n) is 5.49. The molecule has 0 aliphatic carbocycles. The van der Waals surface area contributed by atoms with Crippen LogP contribution in [0.15, 0.2) is 35.4 Å². The number of nitro groups is 1. The summed E-state index contributed by atoms with van der Waals surface area (Å²) < 4.78 is 25.0. The fraction of sp³-hybridized carbons (Fsp3) is 0.333. The van der Waals surface area contributed by atoms with Gasteiger partial charge in [0.05, 0.1) is 16.0 Å². The summed E-state index contributed by atoms with van der Waals surface area (Å²) in [5, 5.41) is 17.7. The molecule has 134 valence electrons. The van der Waals surface area contributed by atoms with Gasteiger partial charge in [-0.2, -0.15) is 5.10 Å². The molecule has 1 aromatic carbocycles. The number of nitrogens with one attached hydrogen (secondary N) is 1. The molecule has 9 nitrogen and oxygen atoms in total. The molecule has 2 rings (SSSR count). The zero-order valence-electron chi connectivity index (χ0n) is 13.8. The van der Waals surface area contributed by atoms with Crippen LogP contribution in [0, 0.1) is 10.1 Å². The first-order valence-corrected chi connectivity index (χ1v) is 9.44. The van der Waals surface area contributed by atoms with Gasteiger partial charge in [0.25, 0.3) is 11.6 Å². The summed E-state index contributed by atoms with van der Waals surface area (Å²) in [5.74, 6) is -0.210. The summed E-state index contributed by atoms with van der Waals surface area (Å²) in [5.41, 5.74) is -0.578. The Morgan fingerprint density at radius 2 is 2.08 bits per heavy atom. The van der Waals surface area contributed by atoms with Crippen molar-refractivity contribution < 1.29 is 18.1 Å². The molecular formula is C15H18N4O5S. The standard InChI is InChI=1S/C15H18N4O5S/c1-3-4-7-18-14(5-6-16-18)17-15(20)11-8-12(19(21)22)10-13(9-11)25(2,23)24/h5-6,8-10H,3-4,7H2,1-2H3,(H,17,20). The topological polar surface area (TPSA) is 124 Å². The lowest BCUT2D eigenvalue weighted by atomic mass is 10.2. The third kappa shape index (κ3) is 4.63. The van der Waals surface area contributed by atoms with E-state index >= 15 is 0 Å². The summed E-state index contributed by atoms with van der Waals surface area (Å²) in [6, 6.07) is 4.68. The van der Waals surface area contributed by atoms with Crippen LogP contribution < -0.4 is 5.32 Å². The predicted octanol–water partition coefficient (Wildman–Crippen LogP) is 2.25. The number of nitrogens with zero attached hydrogens (tertiary/aromatic N) is 3. The van der Waals surface area contributed by atoms with Crippen molar-refractivity contribution in [1.29, 1.82) is 0 Å². The number of unbranched alkanes of at least 4 members (excludes halogenated alkanes) is 1. The van der Waals surface area contributed by atoms with Crippen molar-refractivity contribution in [3.8, 4) is 0 Å². The van der Waals surface area contributed by atoms with E-state index in [0.29, 0.717) is 12.4 Å². The van der Waals surface area contributed by atoms with Gasteiger partial charge in [-0.1, -0.05) is 13.3 Å². The van der Waals surface area contributed by atoms with Crippen LogP contribution in [0.5, 0.6) is 0 Å². The molecule has 0 aliphatic heterocycles. The lowest BCUT2D eigenvalue weighted by Crippen LogP contribution is -2.16. The van der Waals surface area contributed by atoms with E-state index in [4.69, 9.17) is 0 Å². The second-order valence-corrected chi connectivity index (χ2v) is 7.51. The summed E-state index contributed by atoms with van der Waals surface area (Å²) >= 11 is 0. The number of benzene rings is 1. The number of carbonyl (C=O) groups is 1. The van der Waals surface area contributed by atoms with Gasteiger partial charge in [-0.3, -0.25) is 14.9 Å². The van der Waals surface area contributed by atoms with E-state index in [-0.39, 0.29) is 10.5 Å². The predicted molar refractivity (Wildman–Crippen MR) is 91.3 cm³/mol. The Morgan fingerprint density at radius 1 is 1.36 bits per heavy atom. The van der Waals surface area contributed by atoms with Gasteiger partial charge < -0.3 is 5.32 Å². The van der Waals surface area contributed by atoms with Gasteiger partial charge in [0, 0.05) is 36.6 Å². The van der Waals surface area contributed by atoms with Gasteiger partial charge in [-0.05, 0) is 12.5 Å². The van der Waals surface area contributed by atoms with Gasteiger partial charge in [-0.15, -0.1) is 0 Å². The lowest BCUT2D eigenvalue weighted by molar-refractivity contribution is -0.385. The van der Waals surface area contributed by atoms with Crippen LogP contribution in [0.1, 0.15) is 30.1 Å². The molecule has 10 heteroatoms. The molecule has 25 heavy (non-hydrogen) atoms. The molecule has 1 aromatic heterocycles. The number of rotatable bonds is 7. The zero-order valence-corrected chi connectivity index (χ0v) is 14.6. The molecule has 0 bridgehead atoms. The van der Waals surface area contributed by atoms with E-state index in [9.17, 15) is 23.3 Å². The van der Waals surface area contributed by atoms with E-state index in [1.54, 1.807) is 10.7 Å². The van der Waals surface area contributed by atoms with Gasteiger partial charge in [0.1, 0.15) is 5.82 Å². The van der Waals surface area contributed by atoms with E-state index in [1.165, 1.54) is 6.20 Å². The second kappa shape index (κ2) is 7.43. The Kier molecular flexibility index (Phi) is 5.52. The van der Waals surface area contributed by atoms with Crippen molar-refractivity contribution in [2.75, 3.05) is 11.6 Å². The van der Waals surface area contributed by atoms with Crippen LogP contribution in [-0.2, 0) is 16.4 Å². The maximum absolute atomic E-state index is 12.4. The van der Waals surface area contributed by atoms with E-state index in [1.807, 2.05) is 6.92 Å². The van der Waals surface area contributed by atoms with Crippen molar-refractivity contribution in [2.24, 2.45) is 0 Å². The highest BCUT2D eigenvalue weighted by Gasteiger charge is 2.19. The summed E-state index contributed by atoms with van der Waals surface area (Å²) in [6.45, 7) is 2.64. The highest BCUT2D eigenvalue weighted by atomic mass is 32.2. The number of sulfone groups is 1. The van der Waals surface area contributed by atoms with Crippen LogP contribution >= 0.6 is 0 Å². The number of non-ortho nitro benzene ring substituents is 1. The molecule has 0 fully saturated rings. The average molecular weight is 366 g/mol. The molecule has 0 spiro atoms. The fourth-order valence-corrected chi connectivity index (χ4v) is 2.82. The Balaban J connectivity index is 2.34. The number of carbonyl (C=O) groups excluding carboxylic acids is 1. The highest BCUT2D eigenvalue weighted by Crippen LogP contribution is 2.22. The lowest BCUT2D eigenvalue weighted by Gasteiger charge is -2.09. The molecule has 0 radical (unpaired) electrons. The Hall–Kier alpha value is -2.75. The molecular weight excluding hydrogens is 348 g/mol. The first kappa shape index (κ1) is 18.6. The Labute approximate surface area is 144 Å². The Bertz CT molecular complexity index is 904. The van der Waals surface area contributed by atoms with Gasteiger partial charge in [-0.25, -0.2) is 13.1 Å². The number of hydrogen-bond donors (Lipinski definition) is 1. The minimum atomic E-state index is -3.70. The summed E-state index contributed by atoms with van der Waals surface area (Å²) in [7, 11) is -3.70. The molecule has 0 atom stereocenters. The van der Waals surface area contributed by atoms with E-state index in [0.717, 1.165) is 37.3 Å². The minimum Gasteiger partial charge on any atom is -0.307 e. The zero-order chi connectivity index (χ0) is 18.6. The molecule has 0 aliphatic rings. The van der Waals surface area contributed by atoms with Crippen molar-refractivity contribution >= 4 is 27.2 Å². The largest absolute Gasteiger partial charge is 0.307 e. The number of anilines is 1. The molecule has 1 heterocycles. The van der Waals surface area contributed by atoms with Crippen LogP contribution in [0.3, 0.4) is 0 Å². The maximum atomic E-state index is 12.4. The minimum absolute atomic E-state index is 0.113. The molecule has 0 saturated carbocycles. The van der Waals surface area contributed by atoms with Crippen LogP contribution in [-0.4, -0.2) is 35.3 Å². The van der Waals surface area contributed by atoms with Crippen LogP contribution in [0.4, 0.5) is 11.5 Å². The summed E-state index contributed by atoms with van der Waals surface area (Å²) in [6.07, 6.45) is 4.28. The summed E-state index contributed by atoms with van der Waals surface area (Å²) in [4.78, 5) is 22.4. The van der Waals surface area contributed by atoms with Crippen molar-refractivity contribution in [3.63, 3.8) is 0 Å². The van der Waals surface area contributed by atoms with Crippen molar-refractivity contribution in [1.82, 2.24) is 9.78 Å². The highest BCUT2D eigenvalue weighted by molar-refractivity contribution is 7.90. The van der Waals surface area contributed by atoms with Gasteiger partial charge in [0.15, 0.2) is 9.84 Å². The number of hydrogen-bond acceptors (Lipinski definition) is 6. The monoisotopic (exact) mass is 366 g/mol.